The standard InChI is InChI=1S/C18H16ClN3O5/c1-26-14-8-12(15(27-2)7-10(14)19)20-16(23)9-22-13-6-4-3-5-11(13)21-17(24)18(22)25/h3-8H,9H2,1-2H3,(H,20,23)(H,21,24). The zero-order valence-electron chi connectivity index (χ0n) is 14.5. The summed E-state index contributed by atoms with van der Waals surface area (Å²) in [6.45, 7) is -0.350. The highest BCUT2D eigenvalue weighted by Gasteiger charge is 2.15. The van der Waals surface area contributed by atoms with Gasteiger partial charge in [0.2, 0.25) is 5.91 Å². The van der Waals surface area contributed by atoms with Gasteiger partial charge in [-0.1, -0.05) is 23.7 Å². The molecular weight excluding hydrogens is 374 g/mol. The number of carbonyl (C=O) groups is 1. The minimum Gasteiger partial charge on any atom is -0.495 e. The summed E-state index contributed by atoms with van der Waals surface area (Å²) in [4.78, 5) is 39.1. The highest BCUT2D eigenvalue weighted by Crippen LogP contribution is 2.35. The molecule has 1 amide bonds. The Labute approximate surface area is 158 Å². The van der Waals surface area contributed by atoms with Crippen molar-refractivity contribution in [2.45, 2.75) is 6.54 Å². The minimum atomic E-state index is -0.815. The maximum absolute atomic E-state index is 12.5. The Hall–Kier alpha value is -3.26. The molecular formula is C18H16ClN3O5. The van der Waals surface area contributed by atoms with Crippen LogP contribution in [0.25, 0.3) is 11.0 Å². The van der Waals surface area contributed by atoms with Gasteiger partial charge < -0.3 is 19.8 Å². The van der Waals surface area contributed by atoms with E-state index in [2.05, 4.69) is 10.3 Å². The predicted molar refractivity (Wildman–Crippen MR) is 102 cm³/mol. The third-order valence-corrected chi connectivity index (χ3v) is 4.23. The van der Waals surface area contributed by atoms with Gasteiger partial charge >= 0.3 is 11.1 Å². The molecule has 140 valence electrons. The third-order valence-electron chi connectivity index (χ3n) is 3.93. The van der Waals surface area contributed by atoms with E-state index in [1.54, 1.807) is 24.3 Å². The number of hydrogen-bond acceptors (Lipinski definition) is 5. The zero-order valence-corrected chi connectivity index (χ0v) is 15.3. The van der Waals surface area contributed by atoms with Crippen molar-refractivity contribution < 1.29 is 14.3 Å². The number of amides is 1. The lowest BCUT2D eigenvalue weighted by Crippen LogP contribution is -2.38. The Kier molecular flexibility index (Phi) is 5.18. The zero-order chi connectivity index (χ0) is 19.6. The SMILES string of the molecule is COc1cc(NC(=O)Cn2c(=O)c(=O)[nH]c3ccccc32)c(OC)cc1Cl. The topological polar surface area (TPSA) is 102 Å². The first-order valence-corrected chi connectivity index (χ1v) is 8.25. The van der Waals surface area contributed by atoms with Crippen LogP contribution in [0.3, 0.4) is 0 Å². The van der Waals surface area contributed by atoms with Crippen LogP contribution in [-0.4, -0.2) is 29.7 Å². The lowest BCUT2D eigenvalue weighted by Gasteiger charge is -2.14. The van der Waals surface area contributed by atoms with Crippen LogP contribution in [-0.2, 0) is 11.3 Å². The van der Waals surface area contributed by atoms with E-state index >= 15 is 0 Å². The maximum Gasteiger partial charge on any atom is 0.317 e. The van der Waals surface area contributed by atoms with Crippen molar-refractivity contribution in [2.75, 3.05) is 19.5 Å². The lowest BCUT2D eigenvalue weighted by molar-refractivity contribution is -0.116. The van der Waals surface area contributed by atoms with Gasteiger partial charge in [0.15, 0.2) is 0 Å². The number of nitrogens with zero attached hydrogens (tertiary/aromatic N) is 1. The van der Waals surface area contributed by atoms with E-state index < -0.39 is 17.0 Å². The fourth-order valence-electron chi connectivity index (χ4n) is 2.67. The average molecular weight is 390 g/mol. The van der Waals surface area contributed by atoms with Crippen LogP contribution in [0.4, 0.5) is 5.69 Å². The van der Waals surface area contributed by atoms with Gasteiger partial charge in [0.25, 0.3) is 0 Å². The number of halogens is 1. The first-order chi connectivity index (χ1) is 12.9. The van der Waals surface area contributed by atoms with Crippen LogP contribution < -0.4 is 25.9 Å². The average Bonchev–Trinajstić information content (AvgIpc) is 2.66. The summed E-state index contributed by atoms with van der Waals surface area (Å²) in [5, 5.41) is 2.97. The van der Waals surface area contributed by atoms with Crippen molar-refractivity contribution in [3.63, 3.8) is 0 Å². The number of methoxy groups -OCH3 is 2. The van der Waals surface area contributed by atoms with Gasteiger partial charge in [-0.2, -0.15) is 0 Å². The van der Waals surface area contributed by atoms with E-state index in [1.165, 1.54) is 26.4 Å². The molecule has 0 saturated heterocycles. The molecule has 8 nitrogen and oxygen atoms in total. The quantitative estimate of drug-likeness (QED) is 0.650. The monoisotopic (exact) mass is 389 g/mol. The van der Waals surface area contributed by atoms with Crippen LogP contribution in [0.15, 0.2) is 46.0 Å². The molecule has 3 rings (SSSR count). The van der Waals surface area contributed by atoms with Gasteiger partial charge in [-0.3, -0.25) is 19.0 Å². The van der Waals surface area contributed by atoms with E-state index in [-0.39, 0.29) is 6.54 Å². The van der Waals surface area contributed by atoms with Gasteiger partial charge in [0.1, 0.15) is 18.0 Å². The van der Waals surface area contributed by atoms with Crippen molar-refractivity contribution in [1.29, 1.82) is 0 Å². The molecule has 0 atom stereocenters. The number of para-hydroxylation sites is 2. The Morgan fingerprint density at radius 1 is 1.15 bits per heavy atom. The number of hydrogen-bond donors (Lipinski definition) is 2. The summed E-state index contributed by atoms with van der Waals surface area (Å²) in [6, 6.07) is 9.74. The second kappa shape index (κ2) is 7.55. The smallest absolute Gasteiger partial charge is 0.317 e. The van der Waals surface area contributed by atoms with Crippen LogP contribution in [0, 0.1) is 0 Å². The molecule has 0 spiro atoms. The van der Waals surface area contributed by atoms with Gasteiger partial charge in [-0.15, -0.1) is 0 Å². The molecule has 0 aliphatic rings. The molecule has 0 aliphatic heterocycles. The van der Waals surface area contributed by atoms with Gasteiger partial charge in [-0.25, -0.2) is 0 Å². The van der Waals surface area contributed by atoms with Gasteiger partial charge in [-0.05, 0) is 12.1 Å². The molecule has 0 aliphatic carbocycles. The summed E-state index contributed by atoms with van der Waals surface area (Å²) in [7, 11) is 2.88. The number of aromatic nitrogens is 2. The molecule has 3 aromatic rings. The lowest BCUT2D eigenvalue weighted by atomic mass is 10.2. The molecule has 1 heterocycles. The highest BCUT2D eigenvalue weighted by molar-refractivity contribution is 6.32. The van der Waals surface area contributed by atoms with Crippen molar-refractivity contribution in [3.8, 4) is 11.5 Å². The Morgan fingerprint density at radius 2 is 1.85 bits per heavy atom. The number of fused-ring (bicyclic) bond motifs is 1. The van der Waals surface area contributed by atoms with Crippen molar-refractivity contribution in [1.82, 2.24) is 9.55 Å². The van der Waals surface area contributed by atoms with Gasteiger partial charge in [0, 0.05) is 12.1 Å². The molecule has 1 aromatic heterocycles. The van der Waals surface area contributed by atoms with Crippen molar-refractivity contribution >= 4 is 34.2 Å². The van der Waals surface area contributed by atoms with E-state index in [4.69, 9.17) is 21.1 Å². The fourth-order valence-corrected chi connectivity index (χ4v) is 2.90. The van der Waals surface area contributed by atoms with Crippen LogP contribution in [0.5, 0.6) is 11.5 Å². The molecule has 0 unspecified atom stereocenters. The van der Waals surface area contributed by atoms with Crippen LogP contribution in [0.1, 0.15) is 0 Å². The highest BCUT2D eigenvalue weighted by atomic mass is 35.5. The summed E-state index contributed by atoms with van der Waals surface area (Å²) in [6.07, 6.45) is 0. The molecule has 0 saturated carbocycles. The first kappa shape index (κ1) is 18.5. The van der Waals surface area contributed by atoms with E-state index in [0.717, 1.165) is 4.57 Å². The van der Waals surface area contributed by atoms with E-state index in [1.807, 2.05) is 0 Å². The Balaban J connectivity index is 1.96. The molecule has 0 bridgehead atoms. The van der Waals surface area contributed by atoms with Crippen molar-refractivity contribution in [3.05, 3.63) is 62.1 Å². The van der Waals surface area contributed by atoms with Gasteiger partial charge in [0.05, 0.1) is 36.0 Å². The summed E-state index contributed by atoms with van der Waals surface area (Å²) < 4.78 is 11.5. The number of carbonyl (C=O) groups excluding carboxylic acids is 1. The Bertz CT molecular complexity index is 1140. The molecule has 0 fully saturated rings. The number of H-pyrrole nitrogens is 1. The number of ether oxygens (including phenoxy) is 2. The predicted octanol–water partition coefficient (Wildman–Crippen LogP) is 2.00. The van der Waals surface area contributed by atoms with Crippen LogP contribution in [0.2, 0.25) is 5.02 Å². The van der Waals surface area contributed by atoms with Crippen molar-refractivity contribution in [2.24, 2.45) is 0 Å². The fraction of sp³-hybridized carbons (Fsp3) is 0.167. The maximum atomic E-state index is 12.5. The number of rotatable bonds is 5. The molecule has 9 heteroatoms. The van der Waals surface area contributed by atoms with Crippen LogP contribution >= 0.6 is 11.6 Å². The molecule has 2 N–H and O–H groups in total. The second-order valence-electron chi connectivity index (χ2n) is 5.60. The number of anilines is 1. The third kappa shape index (κ3) is 3.65. The van der Waals surface area contributed by atoms with E-state index in [0.29, 0.717) is 33.2 Å². The normalized spacial score (nSPS) is 10.6. The summed E-state index contributed by atoms with van der Waals surface area (Å²) in [5.41, 5.74) is -0.388. The number of nitrogens with one attached hydrogen (secondary N) is 2. The van der Waals surface area contributed by atoms with E-state index in [9.17, 15) is 14.4 Å². The molecule has 2 aromatic carbocycles. The largest absolute Gasteiger partial charge is 0.495 e. The molecule has 0 radical (unpaired) electrons. The summed E-state index contributed by atoms with van der Waals surface area (Å²) in [5.74, 6) is 0.166. The number of benzene rings is 2. The summed E-state index contributed by atoms with van der Waals surface area (Å²) >= 11 is 6.05. The Morgan fingerprint density at radius 3 is 2.56 bits per heavy atom. The molecule has 27 heavy (non-hydrogen) atoms. The number of aromatic amines is 1. The second-order valence-corrected chi connectivity index (χ2v) is 6.00. The minimum absolute atomic E-state index is 0.323. The first-order valence-electron chi connectivity index (χ1n) is 7.88.